The summed E-state index contributed by atoms with van der Waals surface area (Å²) in [7, 11) is 1.64. The van der Waals surface area contributed by atoms with Gasteiger partial charge in [0.2, 0.25) is 0 Å². The van der Waals surface area contributed by atoms with Crippen molar-refractivity contribution < 1.29 is 9.53 Å². The number of nitrogens with zero attached hydrogens (tertiary/aromatic N) is 2. The number of carbonyl (C=O) groups excluding carboxylic acids is 1. The second-order valence-corrected chi connectivity index (χ2v) is 6.69. The number of aryl methyl sites for hydroxylation is 1. The Morgan fingerprint density at radius 1 is 1.00 bits per heavy atom. The van der Waals surface area contributed by atoms with Crippen LogP contribution in [0.1, 0.15) is 27.0 Å². The minimum absolute atomic E-state index is 0.103. The van der Waals surface area contributed by atoms with Gasteiger partial charge in [0.15, 0.2) is 0 Å². The number of piperazine rings is 1. The van der Waals surface area contributed by atoms with Crippen LogP contribution in [0.15, 0.2) is 42.5 Å². The largest absolute Gasteiger partial charge is 0.496 e. The van der Waals surface area contributed by atoms with E-state index in [0.717, 1.165) is 49.6 Å². The summed E-state index contributed by atoms with van der Waals surface area (Å²) >= 11 is 0. The van der Waals surface area contributed by atoms with Gasteiger partial charge in [-0.05, 0) is 31.5 Å². The molecular formula is C21H26N2O2. The number of benzene rings is 2. The molecule has 4 heteroatoms. The molecule has 1 saturated heterocycles. The molecule has 1 heterocycles. The van der Waals surface area contributed by atoms with Crippen LogP contribution in [-0.4, -0.2) is 49.0 Å². The molecule has 0 spiro atoms. The number of rotatable bonds is 4. The van der Waals surface area contributed by atoms with E-state index in [1.165, 1.54) is 11.1 Å². The molecule has 0 unspecified atom stereocenters. The fraction of sp³-hybridized carbons (Fsp3) is 0.381. The Labute approximate surface area is 150 Å². The van der Waals surface area contributed by atoms with Crippen molar-refractivity contribution in [2.75, 3.05) is 33.3 Å². The van der Waals surface area contributed by atoms with Crippen LogP contribution in [-0.2, 0) is 6.54 Å². The second kappa shape index (κ2) is 7.70. The van der Waals surface area contributed by atoms with Crippen LogP contribution in [0.4, 0.5) is 0 Å². The smallest absolute Gasteiger partial charge is 0.254 e. The average molecular weight is 338 g/mol. The van der Waals surface area contributed by atoms with Gasteiger partial charge in [-0.15, -0.1) is 0 Å². The summed E-state index contributed by atoms with van der Waals surface area (Å²) in [5.41, 5.74) is 4.27. The van der Waals surface area contributed by atoms with Crippen molar-refractivity contribution in [3.8, 4) is 5.75 Å². The lowest BCUT2D eigenvalue weighted by Crippen LogP contribution is -2.48. The molecule has 1 amide bonds. The van der Waals surface area contributed by atoms with Crippen molar-refractivity contribution in [3.63, 3.8) is 0 Å². The lowest BCUT2D eigenvalue weighted by Gasteiger charge is -2.35. The van der Waals surface area contributed by atoms with Crippen LogP contribution in [0.5, 0.6) is 5.75 Å². The van der Waals surface area contributed by atoms with Crippen LogP contribution >= 0.6 is 0 Å². The highest BCUT2D eigenvalue weighted by molar-refractivity contribution is 5.96. The molecule has 2 aromatic rings. The fourth-order valence-corrected chi connectivity index (χ4v) is 3.30. The lowest BCUT2D eigenvalue weighted by atomic mass is 10.1. The fourth-order valence-electron chi connectivity index (χ4n) is 3.30. The third-order valence-corrected chi connectivity index (χ3v) is 4.92. The van der Waals surface area contributed by atoms with Gasteiger partial charge >= 0.3 is 0 Å². The van der Waals surface area contributed by atoms with E-state index in [2.05, 4.69) is 36.1 Å². The number of hydrogen-bond donors (Lipinski definition) is 0. The van der Waals surface area contributed by atoms with Gasteiger partial charge in [0.1, 0.15) is 5.75 Å². The first-order chi connectivity index (χ1) is 12.1. The van der Waals surface area contributed by atoms with E-state index in [1.807, 2.05) is 30.0 Å². The molecule has 0 radical (unpaired) electrons. The van der Waals surface area contributed by atoms with Gasteiger partial charge in [-0.2, -0.15) is 0 Å². The Bertz CT molecular complexity index is 732. The third kappa shape index (κ3) is 4.02. The highest BCUT2D eigenvalue weighted by Crippen LogP contribution is 2.22. The molecule has 2 aromatic carbocycles. The number of amides is 1. The number of ether oxygens (including phenoxy) is 1. The van der Waals surface area contributed by atoms with E-state index < -0.39 is 0 Å². The molecular weight excluding hydrogens is 312 g/mol. The first-order valence-electron chi connectivity index (χ1n) is 8.79. The zero-order valence-corrected chi connectivity index (χ0v) is 15.3. The molecule has 1 aliphatic rings. The van der Waals surface area contributed by atoms with Crippen molar-refractivity contribution in [1.82, 2.24) is 9.80 Å². The summed E-state index contributed by atoms with van der Waals surface area (Å²) in [5.74, 6) is 0.871. The summed E-state index contributed by atoms with van der Waals surface area (Å²) in [6, 6.07) is 14.3. The molecule has 1 aliphatic heterocycles. The van der Waals surface area contributed by atoms with Gasteiger partial charge < -0.3 is 9.64 Å². The SMILES string of the molecule is COc1cccc(C(=O)N2CCN(Cc3ccc(C)cc3)CC2)c1C. The van der Waals surface area contributed by atoms with Gasteiger partial charge in [0, 0.05) is 43.9 Å². The molecule has 1 fully saturated rings. The molecule has 25 heavy (non-hydrogen) atoms. The lowest BCUT2D eigenvalue weighted by molar-refractivity contribution is 0.0627. The van der Waals surface area contributed by atoms with Crippen molar-refractivity contribution in [2.45, 2.75) is 20.4 Å². The van der Waals surface area contributed by atoms with Crippen molar-refractivity contribution in [1.29, 1.82) is 0 Å². The minimum atomic E-state index is 0.103. The van der Waals surface area contributed by atoms with Gasteiger partial charge in [-0.1, -0.05) is 35.9 Å². The average Bonchev–Trinajstić information content (AvgIpc) is 2.64. The highest BCUT2D eigenvalue weighted by atomic mass is 16.5. The standard InChI is InChI=1S/C21H26N2O2/c1-16-7-9-18(10-8-16)15-22-11-13-23(14-12-22)21(24)19-5-4-6-20(25-3)17(19)2/h4-10H,11-15H2,1-3H3. The predicted molar refractivity (Wildman–Crippen MR) is 100 cm³/mol. The van der Waals surface area contributed by atoms with E-state index in [0.29, 0.717) is 0 Å². The van der Waals surface area contributed by atoms with E-state index in [-0.39, 0.29) is 5.91 Å². The highest BCUT2D eigenvalue weighted by Gasteiger charge is 2.23. The predicted octanol–water partition coefficient (Wildman–Crippen LogP) is 3.27. The summed E-state index contributed by atoms with van der Waals surface area (Å²) < 4.78 is 5.34. The molecule has 4 nitrogen and oxygen atoms in total. The zero-order valence-electron chi connectivity index (χ0n) is 15.3. The maximum Gasteiger partial charge on any atom is 0.254 e. The molecule has 3 rings (SSSR count). The van der Waals surface area contributed by atoms with Crippen molar-refractivity contribution in [2.24, 2.45) is 0 Å². The van der Waals surface area contributed by atoms with E-state index in [1.54, 1.807) is 7.11 Å². The Morgan fingerprint density at radius 2 is 1.68 bits per heavy atom. The van der Waals surface area contributed by atoms with Crippen LogP contribution in [0.3, 0.4) is 0 Å². The van der Waals surface area contributed by atoms with E-state index in [9.17, 15) is 4.79 Å². The van der Waals surface area contributed by atoms with E-state index >= 15 is 0 Å². The van der Waals surface area contributed by atoms with Crippen LogP contribution in [0, 0.1) is 13.8 Å². The second-order valence-electron chi connectivity index (χ2n) is 6.69. The van der Waals surface area contributed by atoms with Gasteiger partial charge in [-0.3, -0.25) is 9.69 Å². The molecule has 0 N–H and O–H groups in total. The van der Waals surface area contributed by atoms with Gasteiger partial charge in [0.25, 0.3) is 5.91 Å². The number of methoxy groups -OCH3 is 1. The maximum absolute atomic E-state index is 12.8. The Kier molecular flexibility index (Phi) is 5.39. The van der Waals surface area contributed by atoms with Crippen LogP contribution < -0.4 is 4.74 Å². The first-order valence-corrected chi connectivity index (χ1v) is 8.79. The molecule has 0 bridgehead atoms. The Balaban J connectivity index is 1.60. The summed E-state index contributed by atoms with van der Waals surface area (Å²) in [5, 5.41) is 0. The summed E-state index contributed by atoms with van der Waals surface area (Å²) in [4.78, 5) is 17.2. The summed E-state index contributed by atoms with van der Waals surface area (Å²) in [6.45, 7) is 8.34. The zero-order chi connectivity index (χ0) is 17.8. The quantitative estimate of drug-likeness (QED) is 0.858. The van der Waals surface area contributed by atoms with Crippen molar-refractivity contribution >= 4 is 5.91 Å². The monoisotopic (exact) mass is 338 g/mol. The van der Waals surface area contributed by atoms with Crippen LogP contribution in [0.25, 0.3) is 0 Å². The van der Waals surface area contributed by atoms with E-state index in [4.69, 9.17) is 4.74 Å². The number of carbonyl (C=O) groups is 1. The topological polar surface area (TPSA) is 32.8 Å². The molecule has 0 aromatic heterocycles. The summed E-state index contributed by atoms with van der Waals surface area (Å²) in [6.07, 6.45) is 0. The van der Waals surface area contributed by atoms with Crippen molar-refractivity contribution in [3.05, 3.63) is 64.7 Å². The molecule has 0 aliphatic carbocycles. The van der Waals surface area contributed by atoms with Gasteiger partial charge in [0.05, 0.1) is 7.11 Å². The third-order valence-electron chi connectivity index (χ3n) is 4.92. The molecule has 0 saturated carbocycles. The first kappa shape index (κ1) is 17.5. The normalized spacial score (nSPS) is 15.2. The Hall–Kier alpha value is -2.33. The van der Waals surface area contributed by atoms with Gasteiger partial charge in [-0.25, -0.2) is 0 Å². The maximum atomic E-state index is 12.8. The molecule has 132 valence electrons. The Morgan fingerprint density at radius 3 is 2.32 bits per heavy atom. The minimum Gasteiger partial charge on any atom is -0.496 e. The van der Waals surface area contributed by atoms with Crippen LogP contribution in [0.2, 0.25) is 0 Å². The molecule has 0 atom stereocenters. The number of hydrogen-bond acceptors (Lipinski definition) is 3.